The van der Waals surface area contributed by atoms with Gasteiger partial charge in [0.25, 0.3) is 5.56 Å². The number of nitrogen functional groups attached to an aromatic ring is 1. The third kappa shape index (κ3) is 4.54. The summed E-state index contributed by atoms with van der Waals surface area (Å²) in [6.45, 7) is 7.39. The zero-order valence-corrected chi connectivity index (χ0v) is 19.3. The van der Waals surface area contributed by atoms with Gasteiger partial charge in [-0.2, -0.15) is 0 Å². The van der Waals surface area contributed by atoms with E-state index in [1.807, 2.05) is 18.2 Å². The van der Waals surface area contributed by atoms with Gasteiger partial charge in [0, 0.05) is 32.7 Å². The standard InChI is InChI=1S/C25H30FN7O/c1-32-10-12-33(13-11-32)9-3-8-28-15-16-6-7-18-20(14-16)30-24(29-18)22-23(27)21-17(26)4-2-5-19(21)31-25(22)34/h2,4-7,14,28H,3,8-13,15H2,1H3,(H,29,30)(H3,27,31,34). The van der Waals surface area contributed by atoms with E-state index in [2.05, 4.69) is 37.1 Å². The summed E-state index contributed by atoms with van der Waals surface area (Å²) in [4.78, 5) is 28.0. The van der Waals surface area contributed by atoms with Crippen molar-refractivity contribution >= 4 is 27.6 Å². The lowest BCUT2D eigenvalue weighted by molar-refractivity contribution is 0.153. The van der Waals surface area contributed by atoms with E-state index in [4.69, 9.17) is 5.73 Å². The first-order chi connectivity index (χ1) is 16.5. The lowest BCUT2D eigenvalue weighted by Crippen LogP contribution is -2.45. The topological polar surface area (TPSA) is 106 Å². The number of H-pyrrole nitrogens is 2. The lowest BCUT2D eigenvalue weighted by Gasteiger charge is -2.32. The first-order valence-corrected chi connectivity index (χ1v) is 11.7. The molecule has 178 valence electrons. The average Bonchev–Trinajstić information content (AvgIpc) is 3.22. The Morgan fingerprint density at radius 2 is 1.94 bits per heavy atom. The van der Waals surface area contributed by atoms with Crippen molar-refractivity contribution < 1.29 is 4.39 Å². The van der Waals surface area contributed by atoms with Crippen LogP contribution in [0.4, 0.5) is 10.1 Å². The van der Waals surface area contributed by atoms with Gasteiger partial charge >= 0.3 is 0 Å². The van der Waals surface area contributed by atoms with Gasteiger partial charge in [0.15, 0.2) is 0 Å². The highest BCUT2D eigenvalue weighted by Gasteiger charge is 2.18. The number of nitrogens with zero attached hydrogens (tertiary/aromatic N) is 3. The molecule has 0 bridgehead atoms. The third-order valence-electron chi connectivity index (χ3n) is 6.56. The molecular weight excluding hydrogens is 433 g/mol. The number of anilines is 1. The molecule has 0 spiro atoms. The molecule has 1 aliphatic rings. The van der Waals surface area contributed by atoms with Crippen LogP contribution in [0.1, 0.15) is 12.0 Å². The number of nitrogens with one attached hydrogen (secondary N) is 3. The highest BCUT2D eigenvalue weighted by atomic mass is 19.1. The first-order valence-electron chi connectivity index (χ1n) is 11.7. The second kappa shape index (κ2) is 9.54. The van der Waals surface area contributed by atoms with Gasteiger partial charge in [-0.1, -0.05) is 12.1 Å². The Hall–Kier alpha value is -3.27. The van der Waals surface area contributed by atoms with Gasteiger partial charge in [-0.05, 0) is 56.4 Å². The summed E-state index contributed by atoms with van der Waals surface area (Å²) in [5.74, 6) is -0.152. The molecule has 4 aromatic rings. The smallest absolute Gasteiger partial charge is 0.261 e. The average molecular weight is 464 g/mol. The maximum atomic E-state index is 14.4. The second-order valence-electron chi connectivity index (χ2n) is 9.02. The van der Waals surface area contributed by atoms with E-state index in [1.54, 1.807) is 6.07 Å². The zero-order valence-electron chi connectivity index (χ0n) is 19.3. The summed E-state index contributed by atoms with van der Waals surface area (Å²) >= 11 is 0. The third-order valence-corrected chi connectivity index (χ3v) is 6.56. The summed E-state index contributed by atoms with van der Waals surface area (Å²) in [7, 11) is 2.17. The van der Waals surface area contributed by atoms with Crippen molar-refractivity contribution in [1.29, 1.82) is 0 Å². The molecule has 8 nitrogen and oxygen atoms in total. The number of likely N-dealkylation sites (N-methyl/N-ethyl adjacent to an activating group) is 1. The minimum Gasteiger partial charge on any atom is -0.397 e. The van der Waals surface area contributed by atoms with E-state index < -0.39 is 11.4 Å². The second-order valence-corrected chi connectivity index (χ2v) is 9.02. The van der Waals surface area contributed by atoms with Crippen LogP contribution in [0.25, 0.3) is 33.3 Å². The van der Waals surface area contributed by atoms with Gasteiger partial charge in [0.1, 0.15) is 17.2 Å². The normalized spacial score (nSPS) is 15.5. The molecule has 1 aliphatic heterocycles. The molecular formula is C25H30FN7O. The monoisotopic (exact) mass is 463 g/mol. The van der Waals surface area contributed by atoms with E-state index >= 15 is 0 Å². The van der Waals surface area contributed by atoms with Crippen molar-refractivity contribution in [2.75, 3.05) is 52.0 Å². The fourth-order valence-corrected chi connectivity index (χ4v) is 4.59. The van der Waals surface area contributed by atoms with Gasteiger partial charge < -0.3 is 30.8 Å². The zero-order chi connectivity index (χ0) is 23.7. The summed E-state index contributed by atoms with van der Waals surface area (Å²) in [5, 5.41) is 3.70. The molecule has 0 atom stereocenters. The fraction of sp³-hybridized carbons (Fsp3) is 0.360. The van der Waals surface area contributed by atoms with E-state index in [0.29, 0.717) is 11.3 Å². The molecule has 5 N–H and O–H groups in total. The number of hydrogen-bond donors (Lipinski definition) is 4. The molecule has 0 amide bonds. The summed E-state index contributed by atoms with van der Waals surface area (Å²) in [6, 6.07) is 10.4. The molecule has 34 heavy (non-hydrogen) atoms. The highest BCUT2D eigenvalue weighted by molar-refractivity contribution is 5.98. The number of imidazole rings is 1. The van der Waals surface area contributed by atoms with Crippen LogP contribution >= 0.6 is 0 Å². The van der Waals surface area contributed by atoms with Crippen molar-refractivity contribution in [3.63, 3.8) is 0 Å². The van der Waals surface area contributed by atoms with Gasteiger partial charge in [-0.25, -0.2) is 9.37 Å². The number of hydrogen-bond acceptors (Lipinski definition) is 6. The first kappa shape index (κ1) is 22.5. The number of benzene rings is 2. The van der Waals surface area contributed by atoms with E-state index in [9.17, 15) is 9.18 Å². The predicted octanol–water partition coefficient (Wildman–Crippen LogP) is 2.52. The van der Waals surface area contributed by atoms with Crippen LogP contribution < -0.4 is 16.6 Å². The Morgan fingerprint density at radius 3 is 2.76 bits per heavy atom. The number of rotatable bonds is 7. The molecule has 0 aliphatic carbocycles. The summed E-state index contributed by atoms with van der Waals surface area (Å²) < 4.78 is 14.4. The molecule has 3 heterocycles. The fourth-order valence-electron chi connectivity index (χ4n) is 4.59. The Labute approximate surface area is 197 Å². The van der Waals surface area contributed by atoms with E-state index in [1.165, 1.54) is 12.1 Å². The minimum atomic E-state index is -0.482. The van der Waals surface area contributed by atoms with Crippen LogP contribution in [0.5, 0.6) is 0 Å². The van der Waals surface area contributed by atoms with Crippen molar-refractivity contribution in [3.05, 3.63) is 58.1 Å². The van der Waals surface area contributed by atoms with Crippen LogP contribution in [-0.2, 0) is 6.54 Å². The molecule has 1 fully saturated rings. The number of nitrogens with two attached hydrogens (primary N) is 1. The molecule has 0 saturated carbocycles. The number of piperazine rings is 1. The van der Waals surface area contributed by atoms with Gasteiger partial charge in [0.05, 0.1) is 27.6 Å². The largest absolute Gasteiger partial charge is 0.397 e. The maximum absolute atomic E-state index is 14.4. The highest BCUT2D eigenvalue weighted by Crippen LogP contribution is 2.29. The van der Waals surface area contributed by atoms with Gasteiger partial charge in [0.2, 0.25) is 0 Å². The Kier molecular flexibility index (Phi) is 6.32. The SMILES string of the molecule is CN1CCN(CCCNCc2ccc3nc(-c4c(N)c5c(F)cccc5[nH]c4=O)[nH]c3c2)CC1. The van der Waals surface area contributed by atoms with Crippen LogP contribution in [0.2, 0.25) is 0 Å². The minimum absolute atomic E-state index is 0.0816. The number of aromatic amines is 2. The number of aromatic nitrogens is 3. The molecule has 0 radical (unpaired) electrons. The van der Waals surface area contributed by atoms with Crippen LogP contribution in [0, 0.1) is 5.82 Å². The van der Waals surface area contributed by atoms with Crippen molar-refractivity contribution in [3.8, 4) is 11.4 Å². The van der Waals surface area contributed by atoms with Gasteiger partial charge in [-0.3, -0.25) is 4.79 Å². The molecule has 2 aromatic carbocycles. The van der Waals surface area contributed by atoms with E-state index in [-0.39, 0.29) is 16.6 Å². The molecule has 2 aromatic heterocycles. The molecule has 9 heteroatoms. The number of halogens is 1. The summed E-state index contributed by atoms with van der Waals surface area (Å²) in [5.41, 5.74) is 9.06. The van der Waals surface area contributed by atoms with Crippen LogP contribution in [0.15, 0.2) is 41.2 Å². The lowest BCUT2D eigenvalue weighted by atomic mass is 10.1. The van der Waals surface area contributed by atoms with Crippen LogP contribution in [-0.4, -0.2) is 71.1 Å². The maximum Gasteiger partial charge on any atom is 0.261 e. The quantitative estimate of drug-likeness (QED) is 0.314. The van der Waals surface area contributed by atoms with Crippen molar-refractivity contribution in [2.24, 2.45) is 0 Å². The summed E-state index contributed by atoms with van der Waals surface area (Å²) in [6.07, 6.45) is 1.11. The predicted molar refractivity (Wildman–Crippen MR) is 134 cm³/mol. The Balaban J connectivity index is 1.27. The molecule has 0 unspecified atom stereocenters. The van der Waals surface area contributed by atoms with E-state index in [0.717, 1.165) is 68.8 Å². The number of fused-ring (bicyclic) bond motifs is 2. The van der Waals surface area contributed by atoms with Crippen molar-refractivity contribution in [1.82, 2.24) is 30.1 Å². The number of pyridine rings is 1. The molecule has 5 rings (SSSR count). The Bertz CT molecular complexity index is 1370. The van der Waals surface area contributed by atoms with Gasteiger partial charge in [-0.15, -0.1) is 0 Å². The molecule has 1 saturated heterocycles. The van der Waals surface area contributed by atoms with Crippen LogP contribution in [0.3, 0.4) is 0 Å². The van der Waals surface area contributed by atoms with Crippen molar-refractivity contribution in [2.45, 2.75) is 13.0 Å². The Morgan fingerprint density at radius 1 is 1.12 bits per heavy atom.